The van der Waals surface area contributed by atoms with Gasteiger partial charge in [0.2, 0.25) is 0 Å². The molecule has 26 heavy (non-hydrogen) atoms. The lowest BCUT2D eigenvalue weighted by molar-refractivity contribution is -0.0250. The molecule has 0 bridgehead atoms. The van der Waals surface area contributed by atoms with Crippen LogP contribution in [0.4, 0.5) is 4.39 Å². The monoisotopic (exact) mass is 356 g/mol. The highest BCUT2D eigenvalue weighted by atomic mass is 19.1. The van der Waals surface area contributed by atoms with Crippen molar-refractivity contribution in [2.45, 2.75) is 13.0 Å². The molecule has 1 aromatic carbocycles. The molecule has 1 fully saturated rings. The highest BCUT2D eigenvalue weighted by Crippen LogP contribution is 2.23. The number of hydrogen-bond donors (Lipinski definition) is 2. The minimum Gasteiger partial charge on any atom is -0.368 e. The fraction of sp³-hybridized carbons (Fsp3) is 0.278. The standard InChI is InChI=1S/C18H17FN4O3/c1-10-20-14(8-17(24)21-10)16-9-23(4-5-26-16)18(25)15-6-11-2-3-12(19)7-13(11)22-15/h2-3,6-8,16,22H,4-5,9H2,1H3,(H,20,21,24)/t16-/m0/s1. The van der Waals surface area contributed by atoms with Crippen molar-refractivity contribution in [2.75, 3.05) is 19.7 Å². The number of aromatic nitrogens is 3. The Kier molecular flexibility index (Phi) is 4.04. The number of aromatic amines is 2. The minimum absolute atomic E-state index is 0.198. The van der Waals surface area contributed by atoms with Crippen molar-refractivity contribution in [3.05, 3.63) is 63.7 Å². The molecule has 1 aliphatic heterocycles. The number of nitrogens with zero attached hydrogens (tertiary/aromatic N) is 2. The number of benzene rings is 1. The molecule has 1 amide bonds. The van der Waals surface area contributed by atoms with E-state index in [1.54, 1.807) is 24.0 Å². The number of fused-ring (bicyclic) bond motifs is 1. The number of rotatable bonds is 2. The van der Waals surface area contributed by atoms with E-state index in [1.165, 1.54) is 18.2 Å². The molecule has 1 aliphatic rings. The molecule has 0 unspecified atom stereocenters. The number of nitrogens with one attached hydrogen (secondary N) is 2. The predicted octanol–water partition coefficient (Wildman–Crippen LogP) is 1.91. The van der Waals surface area contributed by atoms with E-state index in [2.05, 4.69) is 15.0 Å². The van der Waals surface area contributed by atoms with Gasteiger partial charge in [0, 0.05) is 23.5 Å². The predicted molar refractivity (Wildman–Crippen MR) is 92.4 cm³/mol. The first-order valence-corrected chi connectivity index (χ1v) is 8.26. The summed E-state index contributed by atoms with van der Waals surface area (Å²) in [7, 11) is 0. The van der Waals surface area contributed by atoms with E-state index in [0.717, 1.165) is 5.39 Å². The highest BCUT2D eigenvalue weighted by Gasteiger charge is 2.28. The third-order valence-corrected chi connectivity index (χ3v) is 4.38. The first-order chi connectivity index (χ1) is 12.5. The van der Waals surface area contributed by atoms with Gasteiger partial charge < -0.3 is 19.6 Å². The van der Waals surface area contributed by atoms with Crippen LogP contribution in [0.3, 0.4) is 0 Å². The molecule has 1 atom stereocenters. The van der Waals surface area contributed by atoms with Crippen molar-refractivity contribution in [3.63, 3.8) is 0 Å². The summed E-state index contributed by atoms with van der Waals surface area (Å²) in [4.78, 5) is 36.0. The van der Waals surface area contributed by atoms with Crippen molar-refractivity contribution in [3.8, 4) is 0 Å². The summed E-state index contributed by atoms with van der Waals surface area (Å²) in [5, 5.41) is 0.770. The van der Waals surface area contributed by atoms with Crippen LogP contribution in [0.15, 0.2) is 35.1 Å². The zero-order chi connectivity index (χ0) is 18.3. The van der Waals surface area contributed by atoms with E-state index in [1.807, 2.05) is 0 Å². The van der Waals surface area contributed by atoms with Crippen LogP contribution in [0, 0.1) is 12.7 Å². The summed E-state index contributed by atoms with van der Waals surface area (Å²) >= 11 is 0. The van der Waals surface area contributed by atoms with E-state index in [4.69, 9.17) is 4.74 Å². The zero-order valence-corrected chi connectivity index (χ0v) is 14.1. The van der Waals surface area contributed by atoms with Crippen LogP contribution in [0.2, 0.25) is 0 Å². The minimum atomic E-state index is -0.462. The number of ether oxygens (including phenoxy) is 1. The van der Waals surface area contributed by atoms with Crippen molar-refractivity contribution in [1.29, 1.82) is 0 Å². The number of amides is 1. The van der Waals surface area contributed by atoms with Crippen LogP contribution >= 0.6 is 0 Å². The van der Waals surface area contributed by atoms with Gasteiger partial charge in [-0.3, -0.25) is 9.59 Å². The lowest BCUT2D eigenvalue weighted by Gasteiger charge is -2.32. The maximum Gasteiger partial charge on any atom is 0.270 e. The molecule has 3 heterocycles. The molecule has 0 radical (unpaired) electrons. The summed E-state index contributed by atoms with van der Waals surface area (Å²) in [6, 6.07) is 7.44. The Bertz CT molecular complexity index is 1040. The van der Waals surface area contributed by atoms with E-state index in [-0.39, 0.29) is 17.3 Å². The molecule has 134 valence electrons. The number of morpholine rings is 1. The van der Waals surface area contributed by atoms with E-state index in [9.17, 15) is 14.0 Å². The van der Waals surface area contributed by atoms with Gasteiger partial charge in [-0.05, 0) is 31.2 Å². The molecule has 0 aliphatic carbocycles. The molecule has 0 saturated carbocycles. The van der Waals surface area contributed by atoms with E-state index < -0.39 is 6.10 Å². The number of H-pyrrole nitrogens is 2. The number of aryl methyl sites for hydroxylation is 1. The molecular weight excluding hydrogens is 339 g/mol. The molecule has 0 spiro atoms. The Morgan fingerprint density at radius 3 is 2.96 bits per heavy atom. The first-order valence-electron chi connectivity index (χ1n) is 8.26. The summed E-state index contributed by atoms with van der Waals surface area (Å²) in [5.41, 5.74) is 1.21. The zero-order valence-electron chi connectivity index (χ0n) is 14.1. The summed E-state index contributed by atoms with van der Waals surface area (Å²) in [6.45, 7) is 2.76. The van der Waals surface area contributed by atoms with Gasteiger partial charge in [-0.25, -0.2) is 9.37 Å². The average Bonchev–Trinajstić information content (AvgIpc) is 3.03. The summed E-state index contributed by atoms with van der Waals surface area (Å²) < 4.78 is 19.0. The molecule has 3 aromatic rings. The average molecular weight is 356 g/mol. The van der Waals surface area contributed by atoms with Crippen LogP contribution < -0.4 is 5.56 Å². The molecular formula is C18H17FN4O3. The van der Waals surface area contributed by atoms with Gasteiger partial charge in [0.25, 0.3) is 11.5 Å². The highest BCUT2D eigenvalue weighted by molar-refractivity contribution is 5.98. The second kappa shape index (κ2) is 6.38. The SMILES string of the molecule is Cc1nc([C@@H]2CN(C(=O)c3cc4ccc(F)cc4[nH]3)CCO2)cc(=O)[nH]1. The Labute approximate surface area is 147 Å². The third kappa shape index (κ3) is 3.11. The van der Waals surface area contributed by atoms with E-state index in [0.29, 0.717) is 42.4 Å². The van der Waals surface area contributed by atoms with Gasteiger partial charge in [0.05, 0.1) is 18.8 Å². The topological polar surface area (TPSA) is 91.1 Å². The largest absolute Gasteiger partial charge is 0.368 e. The maximum absolute atomic E-state index is 13.3. The van der Waals surface area contributed by atoms with Crippen LogP contribution in [0.1, 0.15) is 28.1 Å². The fourth-order valence-corrected chi connectivity index (χ4v) is 3.17. The number of carbonyl (C=O) groups is 1. The van der Waals surface area contributed by atoms with Gasteiger partial charge in [0.15, 0.2) is 0 Å². The quantitative estimate of drug-likeness (QED) is 0.734. The van der Waals surface area contributed by atoms with Crippen molar-refractivity contribution < 1.29 is 13.9 Å². The molecule has 2 aromatic heterocycles. The van der Waals surface area contributed by atoms with Crippen molar-refractivity contribution in [1.82, 2.24) is 19.9 Å². The Morgan fingerprint density at radius 2 is 2.15 bits per heavy atom. The van der Waals surface area contributed by atoms with Crippen LogP contribution in [0.25, 0.3) is 10.9 Å². The number of carbonyl (C=O) groups excluding carboxylic acids is 1. The maximum atomic E-state index is 13.3. The van der Waals surface area contributed by atoms with E-state index >= 15 is 0 Å². The Hall–Kier alpha value is -3.00. The van der Waals surface area contributed by atoms with Gasteiger partial charge in [-0.15, -0.1) is 0 Å². The van der Waals surface area contributed by atoms with Crippen LogP contribution in [-0.4, -0.2) is 45.5 Å². The number of halogens is 1. The fourth-order valence-electron chi connectivity index (χ4n) is 3.17. The van der Waals surface area contributed by atoms with Crippen molar-refractivity contribution >= 4 is 16.8 Å². The van der Waals surface area contributed by atoms with Crippen molar-refractivity contribution in [2.24, 2.45) is 0 Å². The molecule has 4 rings (SSSR count). The second-order valence-electron chi connectivity index (χ2n) is 6.28. The van der Waals surface area contributed by atoms with Gasteiger partial charge >= 0.3 is 0 Å². The Morgan fingerprint density at radius 1 is 1.31 bits per heavy atom. The molecule has 2 N–H and O–H groups in total. The molecule has 7 nitrogen and oxygen atoms in total. The molecule has 8 heteroatoms. The van der Waals surface area contributed by atoms with Gasteiger partial charge in [-0.1, -0.05) is 0 Å². The lowest BCUT2D eigenvalue weighted by Crippen LogP contribution is -2.42. The smallest absolute Gasteiger partial charge is 0.270 e. The van der Waals surface area contributed by atoms with Crippen LogP contribution in [0.5, 0.6) is 0 Å². The van der Waals surface area contributed by atoms with Gasteiger partial charge in [0.1, 0.15) is 23.4 Å². The lowest BCUT2D eigenvalue weighted by atomic mass is 10.2. The number of hydrogen-bond acceptors (Lipinski definition) is 4. The Balaban J connectivity index is 1.58. The third-order valence-electron chi connectivity index (χ3n) is 4.38. The first kappa shape index (κ1) is 16.5. The second-order valence-corrected chi connectivity index (χ2v) is 6.28. The summed E-state index contributed by atoms with van der Waals surface area (Å²) in [5.74, 6) is -0.0609. The van der Waals surface area contributed by atoms with Gasteiger partial charge in [-0.2, -0.15) is 0 Å². The summed E-state index contributed by atoms with van der Waals surface area (Å²) in [6.07, 6.45) is -0.462. The normalized spacial score (nSPS) is 17.6. The molecule has 1 saturated heterocycles. The van der Waals surface area contributed by atoms with Crippen LogP contribution in [-0.2, 0) is 4.74 Å².